The Morgan fingerprint density at radius 1 is 1.07 bits per heavy atom. The molecule has 1 heterocycles. The SMILES string of the molecule is CCN(CC)CCOC(=O)c1ccc(NC(=O)CCN2CCCCC2)cc1. The number of carbonyl (C=O) groups excluding carboxylic acids is 2. The summed E-state index contributed by atoms with van der Waals surface area (Å²) < 4.78 is 5.32. The molecule has 1 saturated heterocycles. The second kappa shape index (κ2) is 11.7. The first-order valence-corrected chi connectivity index (χ1v) is 10.1. The third-order valence-corrected chi connectivity index (χ3v) is 5.04. The van der Waals surface area contributed by atoms with Gasteiger partial charge < -0.3 is 19.9 Å². The number of hydrogen-bond donors (Lipinski definition) is 1. The summed E-state index contributed by atoms with van der Waals surface area (Å²) in [4.78, 5) is 28.7. The minimum absolute atomic E-state index is 0.00937. The lowest BCUT2D eigenvalue weighted by molar-refractivity contribution is -0.116. The van der Waals surface area contributed by atoms with E-state index in [1.807, 2.05) is 0 Å². The van der Waals surface area contributed by atoms with Crippen LogP contribution in [0.25, 0.3) is 0 Å². The fraction of sp³-hybridized carbons (Fsp3) is 0.619. The fourth-order valence-corrected chi connectivity index (χ4v) is 3.25. The molecule has 1 aromatic rings. The lowest BCUT2D eigenvalue weighted by atomic mass is 10.1. The Kier molecular flexibility index (Phi) is 9.28. The van der Waals surface area contributed by atoms with Crippen molar-refractivity contribution in [1.29, 1.82) is 0 Å². The van der Waals surface area contributed by atoms with E-state index in [1.54, 1.807) is 24.3 Å². The molecule has 0 radical (unpaired) electrons. The number of rotatable bonds is 10. The van der Waals surface area contributed by atoms with Crippen molar-refractivity contribution in [2.24, 2.45) is 0 Å². The zero-order chi connectivity index (χ0) is 19.5. The van der Waals surface area contributed by atoms with Crippen molar-refractivity contribution in [3.05, 3.63) is 29.8 Å². The quantitative estimate of drug-likeness (QED) is 0.637. The molecule has 0 saturated carbocycles. The Labute approximate surface area is 162 Å². The number of nitrogens with one attached hydrogen (secondary N) is 1. The van der Waals surface area contributed by atoms with Gasteiger partial charge in [-0.15, -0.1) is 0 Å². The van der Waals surface area contributed by atoms with Crippen LogP contribution in [0.2, 0.25) is 0 Å². The number of nitrogens with zero attached hydrogens (tertiary/aromatic N) is 2. The molecule has 0 atom stereocenters. The van der Waals surface area contributed by atoms with Gasteiger partial charge >= 0.3 is 5.97 Å². The van der Waals surface area contributed by atoms with Crippen molar-refractivity contribution in [3.63, 3.8) is 0 Å². The largest absolute Gasteiger partial charge is 0.461 e. The molecular weight excluding hydrogens is 342 g/mol. The molecule has 2 rings (SSSR count). The van der Waals surface area contributed by atoms with Crippen molar-refractivity contribution < 1.29 is 14.3 Å². The van der Waals surface area contributed by atoms with Crippen LogP contribution in [0.15, 0.2) is 24.3 Å². The number of anilines is 1. The van der Waals surface area contributed by atoms with E-state index in [0.29, 0.717) is 24.3 Å². The summed E-state index contributed by atoms with van der Waals surface area (Å²) in [6, 6.07) is 6.89. The summed E-state index contributed by atoms with van der Waals surface area (Å²) in [7, 11) is 0. The predicted octanol–water partition coefficient (Wildman–Crippen LogP) is 3.00. The van der Waals surface area contributed by atoms with Gasteiger partial charge in [0.2, 0.25) is 5.91 Å². The van der Waals surface area contributed by atoms with Gasteiger partial charge in [-0.05, 0) is 63.3 Å². The Morgan fingerprint density at radius 3 is 2.37 bits per heavy atom. The number of carbonyl (C=O) groups is 2. The Balaban J connectivity index is 1.71. The van der Waals surface area contributed by atoms with Gasteiger partial charge in [-0.25, -0.2) is 4.79 Å². The van der Waals surface area contributed by atoms with E-state index in [2.05, 4.69) is 29.0 Å². The minimum Gasteiger partial charge on any atom is -0.461 e. The molecule has 0 spiro atoms. The van der Waals surface area contributed by atoms with E-state index in [4.69, 9.17) is 4.74 Å². The highest BCUT2D eigenvalue weighted by atomic mass is 16.5. The maximum Gasteiger partial charge on any atom is 0.338 e. The molecule has 150 valence electrons. The number of hydrogen-bond acceptors (Lipinski definition) is 5. The molecule has 6 heteroatoms. The van der Waals surface area contributed by atoms with Gasteiger partial charge in [-0.2, -0.15) is 0 Å². The summed E-state index contributed by atoms with van der Waals surface area (Å²) in [6.45, 7) is 10.2. The Hall–Kier alpha value is -1.92. The average Bonchev–Trinajstić information content (AvgIpc) is 2.71. The van der Waals surface area contributed by atoms with E-state index in [0.717, 1.165) is 39.3 Å². The van der Waals surface area contributed by atoms with E-state index >= 15 is 0 Å². The van der Waals surface area contributed by atoms with E-state index < -0.39 is 0 Å². The van der Waals surface area contributed by atoms with Crippen LogP contribution in [0, 0.1) is 0 Å². The third-order valence-electron chi connectivity index (χ3n) is 5.04. The number of ether oxygens (including phenoxy) is 1. The number of piperidine rings is 1. The first-order valence-electron chi connectivity index (χ1n) is 10.1. The molecule has 1 N–H and O–H groups in total. The van der Waals surface area contributed by atoms with Crippen LogP contribution in [0.4, 0.5) is 5.69 Å². The van der Waals surface area contributed by atoms with Crippen LogP contribution in [0.1, 0.15) is 49.9 Å². The standard InChI is InChI=1S/C21H33N3O3/c1-3-23(4-2)16-17-27-21(26)18-8-10-19(11-9-18)22-20(25)12-15-24-13-6-5-7-14-24/h8-11H,3-7,12-17H2,1-2H3,(H,22,25). The maximum atomic E-state index is 12.1. The molecule has 1 aromatic carbocycles. The number of likely N-dealkylation sites (N-methyl/N-ethyl adjacent to an activating group) is 1. The van der Waals surface area contributed by atoms with Crippen LogP contribution in [-0.2, 0) is 9.53 Å². The molecular formula is C21H33N3O3. The Bertz CT molecular complexity index is 579. The molecule has 1 fully saturated rings. The molecule has 1 amide bonds. The average molecular weight is 376 g/mol. The number of esters is 1. The van der Waals surface area contributed by atoms with Crippen molar-refractivity contribution >= 4 is 17.6 Å². The summed E-state index contributed by atoms with van der Waals surface area (Å²) in [6.07, 6.45) is 4.25. The lowest BCUT2D eigenvalue weighted by Gasteiger charge is -2.25. The first kappa shape index (κ1) is 21.4. The van der Waals surface area contributed by atoms with E-state index in [1.165, 1.54) is 19.3 Å². The Morgan fingerprint density at radius 2 is 1.74 bits per heavy atom. The van der Waals surface area contributed by atoms with Gasteiger partial charge in [0.25, 0.3) is 0 Å². The highest BCUT2D eigenvalue weighted by Crippen LogP contribution is 2.12. The van der Waals surface area contributed by atoms with Crippen molar-refractivity contribution in [3.8, 4) is 0 Å². The summed E-state index contributed by atoms with van der Waals surface area (Å²) >= 11 is 0. The first-order chi connectivity index (χ1) is 13.1. The fourth-order valence-electron chi connectivity index (χ4n) is 3.25. The second-order valence-electron chi connectivity index (χ2n) is 6.94. The van der Waals surface area contributed by atoms with Crippen LogP contribution < -0.4 is 5.32 Å². The minimum atomic E-state index is -0.329. The van der Waals surface area contributed by atoms with E-state index in [9.17, 15) is 9.59 Å². The highest BCUT2D eigenvalue weighted by molar-refractivity contribution is 5.93. The molecule has 0 unspecified atom stereocenters. The van der Waals surface area contributed by atoms with Gasteiger partial charge in [0.15, 0.2) is 0 Å². The van der Waals surface area contributed by atoms with Gasteiger partial charge in [-0.1, -0.05) is 20.3 Å². The summed E-state index contributed by atoms with van der Waals surface area (Å²) in [5.41, 5.74) is 1.21. The van der Waals surface area contributed by atoms with Crippen LogP contribution in [-0.4, -0.2) is 67.6 Å². The molecule has 27 heavy (non-hydrogen) atoms. The van der Waals surface area contributed by atoms with Gasteiger partial charge in [0, 0.05) is 25.2 Å². The van der Waals surface area contributed by atoms with Crippen molar-refractivity contribution in [2.75, 3.05) is 51.2 Å². The van der Waals surface area contributed by atoms with Crippen molar-refractivity contribution in [2.45, 2.75) is 39.5 Å². The normalized spacial score (nSPS) is 14.9. The third kappa shape index (κ3) is 7.69. The molecule has 6 nitrogen and oxygen atoms in total. The zero-order valence-electron chi connectivity index (χ0n) is 16.7. The van der Waals surface area contributed by atoms with Crippen molar-refractivity contribution in [1.82, 2.24) is 9.80 Å². The highest BCUT2D eigenvalue weighted by Gasteiger charge is 2.12. The smallest absolute Gasteiger partial charge is 0.338 e. The number of amides is 1. The number of benzene rings is 1. The van der Waals surface area contributed by atoms with Gasteiger partial charge in [-0.3, -0.25) is 4.79 Å². The summed E-state index contributed by atoms with van der Waals surface area (Å²) in [5.74, 6) is -0.319. The van der Waals surface area contributed by atoms with E-state index in [-0.39, 0.29) is 11.9 Å². The van der Waals surface area contributed by atoms with Gasteiger partial charge in [0.05, 0.1) is 5.56 Å². The summed E-state index contributed by atoms with van der Waals surface area (Å²) in [5, 5.41) is 2.90. The number of likely N-dealkylation sites (tertiary alicyclic amines) is 1. The van der Waals surface area contributed by atoms with Crippen LogP contribution in [0.5, 0.6) is 0 Å². The topological polar surface area (TPSA) is 61.9 Å². The molecule has 1 aliphatic heterocycles. The van der Waals surface area contributed by atoms with Crippen LogP contribution >= 0.6 is 0 Å². The second-order valence-corrected chi connectivity index (χ2v) is 6.94. The monoisotopic (exact) mass is 375 g/mol. The maximum absolute atomic E-state index is 12.1. The van der Waals surface area contributed by atoms with Crippen LogP contribution in [0.3, 0.4) is 0 Å². The molecule has 0 bridgehead atoms. The zero-order valence-corrected chi connectivity index (χ0v) is 16.7. The lowest BCUT2D eigenvalue weighted by Crippen LogP contribution is -2.32. The molecule has 0 aliphatic carbocycles. The predicted molar refractivity (Wildman–Crippen MR) is 108 cm³/mol. The van der Waals surface area contributed by atoms with Gasteiger partial charge in [0.1, 0.15) is 6.61 Å². The molecule has 0 aromatic heterocycles. The molecule has 1 aliphatic rings.